The number of benzene rings is 1. The van der Waals surface area contributed by atoms with Gasteiger partial charge in [-0.2, -0.15) is 0 Å². The van der Waals surface area contributed by atoms with Crippen LogP contribution in [-0.4, -0.2) is 75.3 Å². The van der Waals surface area contributed by atoms with Gasteiger partial charge in [-0.25, -0.2) is 13.1 Å². The van der Waals surface area contributed by atoms with Gasteiger partial charge in [0, 0.05) is 48.8 Å². The lowest BCUT2D eigenvalue weighted by Gasteiger charge is -2.32. The monoisotopic (exact) mass is 511 g/mol. The predicted molar refractivity (Wildman–Crippen MR) is 139 cm³/mol. The molecule has 1 aromatic heterocycles. The first-order valence-corrected chi connectivity index (χ1v) is 14.1. The SMILES string of the molecule is CNS(=O)(=O)c1ccc2c(c1)/C(=C/c1[nH]c3c(c1CCCN1CCN(C=O)CC1)CCCC3)C(=O)N2. The lowest BCUT2D eigenvalue weighted by molar-refractivity contribution is -0.119. The van der Waals surface area contributed by atoms with Crippen molar-refractivity contribution in [3.63, 3.8) is 0 Å². The van der Waals surface area contributed by atoms with E-state index in [4.69, 9.17) is 0 Å². The van der Waals surface area contributed by atoms with Gasteiger partial charge in [0.25, 0.3) is 5.91 Å². The zero-order valence-corrected chi connectivity index (χ0v) is 21.4. The summed E-state index contributed by atoms with van der Waals surface area (Å²) in [7, 11) is -2.25. The number of carbonyl (C=O) groups is 2. The van der Waals surface area contributed by atoms with Crippen LogP contribution in [0.1, 0.15) is 47.3 Å². The molecule has 9 nitrogen and oxygen atoms in total. The molecule has 2 aliphatic heterocycles. The summed E-state index contributed by atoms with van der Waals surface area (Å²) >= 11 is 0. The summed E-state index contributed by atoms with van der Waals surface area (Å²) in [6.07, 6.45) is 9.08. The van der Waals surface area contributed by atoms with Crippen LogP contribution in [-0.2, 0) is 38.9 Å². The number of aromatic nitrogens is 1. The van der Waals surface area contributed by atoms with Gasteiger partial charge in [0.2, 0.25) is 16.4 Å². The van der Waals surface area contributed by atoms with Crippen molar-refractivity contribution >= 4 is 39.7 Å². The maximum Gasteiger partial charge on any atom is 0.256 e. The third kappa shape index (κ3) is 4.85. The molecule has 0 radical (unpaired) electrons. The van der Waals surface area contributed by atoms with E-state index in [9.17, 15) is 18.0 Å². The number of sulfonamides is 1. The molecule has 1 saturated heterocycles. The Bertz CT molecular complexity index is 1310. The Kier molecular flexibility index (Phi) is 7.00. The molecule has 2 amide bonds. The minimum Gasteiger partial charge on any atom is -0.358 e. The second-order valence-electron chi connectivity index (χ2n) is 9.70. The smallest absolute Gasteiger partial charge is 0.256 e. The molecule has 0 bridgehead atoms. The molecule has 36 heavy (non-hydrogen) atoms. The van der Waals surface area contributed by atoms with Crippen LogP contribution in [0.25, 0.3) is 11.6 Å². The summed E-state index contributed by atoms with van der Waals surface area (Å²) in [5.74, 6) is -0.226. The number of amides is 2. The molecular formula is C26H33N5O4S. The van der Waals surface area contributed by atoms with E-state index >= 15 is 0 Å². The number of nitrogens with one attached hydrogen (secondary N) is 3. The summed E-state index contributed by atoms with van der Waals surface area (Å²) in [6, 6.07) is 4.71. The van der Waals surface area contributed by atoms with E-state index in [1.54, 1.807) is 12.1 Å². The van der Waals surface area contributed by atoms with Crippen molar-refractivity contribution in [1.82, 2.24) is 19.5 Å². The van der Waals surface area contributed by atoms with Crippen molar-refractivity contribution in [2.24, 2.45) is 0 Å². The quantitative estimate of drug-likeness (QED) is 0.371. The Morgan fingerprint density at radius 3 is 2.64 bits per heavy atom. The van der Waals surface area contributed by atoms with Gasteiger partial charge in [0.05, 0.1) is 10.5 Å². The molecule has 192 valence electrons. The van der Waals surface area contributed by atoms with Crippen LogP contribution in [0.5, 0.6) is 0 Å². The standard InChI is InChI=1S/C26H33N5O4S/c1-27-36(34,35)18-8-9-24-21(15-18)22(26(33)29-24)16-25-20(19-5-2-3-7-23(19)28-25)6-4-10-30-11-13-31(17-32)14-12-30/h8-9,15-17,27-28H,2-7,10-14H2,1H3,(H,29,33)/b22-16-. The van der Waals surface area contributed by atoms with E-state index in [-0.39, 0.29) is 10.8 Å². The van der Waals surface area contributed by atoms with Crippen LogP contribution >= 0.6 is 0 Å². The summed E-state index contributed by atoms with van der Waals surface area (Å²) in [4.78, 5) is 31.8. The largest absolute Gasteiger partial charge is 0.358 e. The lowest BCUT2D eigenvalue weighted by Crippen LogP contribution is -2.45. The van der Waals surface area contributed by atoms with Gasteiger partial charge in [-0.15, -0.1) is 0 Å². The first-order chi connectivity index (χ1) is 17.4. The number of hydrogen-bond acceptors (Lipinski definition) is 5. The maximum atomic E-state index is 12.9. The number of anilines is 1. The van der Waals surface area contributed by atoms with Crippen molar-refractivity contribution < 1.29 is 18.0 Å². The number of carbonyl (C=O) groups excluding carboxylic acids is 2. The second kappa shape index (κ2) is 10.2. The van der Waals surface area contributed by atoms with E-state index in [1.807, 2.05) is 11.0 Å². The number of rotatable bonds is 8. The van der Waals surface area contributed by atoms with Gasteiger partial charge >= 0.3 is 0 Å². The number of piperazine rings is 1. The van der Waals surface area contributed by atoms with Crippen molar-refractivity contribution in [2.75, 3.05) is 45.1 Å². The fraction of sp³-hybridized carbons (Fsp3) is 0.462. The zero-order valence-electron chi connectivity index (χ0n) is 20.6. The minimum atomic E-state index is -3.62. The van der Waals surface area contributed by atoms with Crippen LogP contribution < -0.4 is 10.0 Å². The predicted octanol–water partition coefficient (Wildman–Crippen LogP) is 2.00. The highest BCUT2D eigenvalue weighted by Crippen LogP contribution is 2.37. The highest BCUT2D eigenvalue weighted by molar-refractivity contribution is 7.89. The lowest BCUT2D eigenvalue weighted by atomic mass is 9.92. The molecule has 0 unspecified atom stereocenters. The van der Waals surface area contributed by atoms with Crippen LogP contribution in [0.3, 0.4) is 0 Å². The maximum absolute atomic E-state index is 12.9. The van der Waals surface area contributed by atoms with Crippen LogP contribution in [0.2, 0.25) is 0 Å². The third-order valence-corrected chi connectivity index (χ3v) is 8.95. The van der Waals surface area contributed by atoms with E-state index in [2.05, 4.69) is 19.9 Å². The van der Waals surface area contributed by atoms with E-state index in [0.29, 0.717) is 16.8 Å². The summed E-state index contributed by atoms with van der Waals surface area (Å²) < 4.78 is 27.0. The molecule has 5 rings (SSSR count). The molecule has 2 aromatic rings. The van der Waals surface area contributed by atoms with Gasteiger partial charge < -0.3 is 15.2 Å². The van der Waals surface area contributed by atoms with Gasteiger partial charge in [0.15, 0.2) is 0 Å². The summed E-state index contributed by atoms with van der Waals surface area (Å²) in [5, 5.41) is 2.87. The summed E-state index contributed by atoms with van der Waals surface area (Å²) in [5.41, 5.74) is 6.55. The fourth-order valence-corrected chi connectivity index (χ4v) is 6.25. The van der Waals surface area contributed by atoms with Crippen molar-refractivity contribution in [3.05, 3.63) is 46.3 Å². The molecule has 0 atom stereocenters. The van der Waals surface area contributed by atoms with E-state index < -0.39 is 10.0 Å². The second-order valence-corrected chi connectivity index (χ2v) is 11.6. The first-order valence-electron chi connectivity index (χ1n) is 12.6. The Morgan fingerprint density at radius 1 is 1.11 bits per heavy atom. The van der Waals surface area contributed by atoms with Gasteiger partial charge in [-0.1, -0.05) is 0 Å². The Morgan fingerprint density at radius 2 is 1.89 bits per heavy atom. The number of H-pyrrole nitrogens is 1. The molecule has 10 heteroatoms. The number of aromatic amines is 1. The topological polar surface area (TPSA) is 115 Å². The van der Waals surface area contributed by atoms with Crippen molar-refractivity contribution in [3.8, 4) is 0 Å². The molecular weight excluding hydrogens is 478 g/mol. The van der Waals surface area contributed by atoms with Crippen LogP contribution in [0, 0.1) is 0 Å². The molecule has 0 spiro atoms. The van der Waals surface area contributed by atoms with Gasteiger partial charge in [-0.3, -0.25) is 14.5 Å². The number of hydrogen-bond donors (Lipinski definition) is 3. The van der Waals surface area contributed by atoms with E-state index in [0.717, 1.165) is 83.4 Å². The molecule has 3 heterocycles. The normalized spacial score (nSPS) is 19.3. The zero-order chi connectivity index (χ0) is 25.3. The fourth-order valence-electron chi connectivity index (χ4n) is 5.50. The molecule has 3 aliphatic rings. The number of nitrogens with zero attached hydrogens (tertiary/aromatic N) is 2. The van der Waals surface area contributed by atoms with Crippen LogP contribution in [0.4, 0.5) is 5.69 Å². The Balaban J connectivity index is 1.42. The van der Waals surface area contributed by atoms with Gasteiger partial charge in [-0.05, 0) is 87.5 Å². The summed E-state index contributed by atoms with van der Waals surface area (Å²) in [6.45, 7) is 4.32. The molecule has 3 N–H and O–H groups in total. The van der Waals surface area contributed by atoms with Gasteiger partial charge in [0.1, 0.15) is 0 Å². The Hall–Kier alpha value is -2.95. The molecule has 1 aromatic carbocycles. The first kappa shape index (κ1) is 24.7. The number of aryl methyl sites for hydroxylation is 1. The highest BCUT2D eigenvalue weighted by Gasteiger charge is 2.28. The van der Waals surface area contributed by atoms with E-state index in [1.165, 1.54) is 29.9 Å². The van der Waals surface area contributed by atoms with Crippen molar-refractivity contribution in [1.29, 1.82) is 0 Å². The number of fused-ring (bicyclic) bond motifs is 2. The molecule has 1 fully saturated rings. The highest BCUT2D eigenvalue weighted by atomic mass is 32.2. The Labute approximate surface area is 212 Å². The average molecular weight is 512 g/mol. The molecule has 0 saturated carbocycles. The minimum absolute atomic E-state index is 0.131. The van der Waals surface area contributed by atoms with Crippen LogP contribution in [0.15, 0.2) is 23.1 Å². The van der Waals surface area contributed by atoms with Crippen molar-refractivity contribution in [2.45, 2.75) is 43.4 Å². The average Bonchev–Trinajstić information content (AvgIpc) is 3.40. The molecule has 1 aliphatic carbocycles. The third-order valence-electron chi connectivity index (χ3n) is 7.54.